The number of aromatic carboxylic acids is 1. The molecule has 0 aliphatic heterocycles. The molecule has 3 rings (SSSR count). The quantitative estimate of drug-likeness (QED) is 0.912. The Hall–Kier alpha value is -2.10. The molecule has 4 nitrogen and oxygen atoms in total. The zero-order chi connectivity index (χ0) is 15.0. The molecule has 0 amide bonds. The van der Waals surface area contributed by atoms with Gasteiger partial charge in [0.15, 0.2) is 0 Å². The number of carbonyl (C=O) groups is 1. The van der Waals surface area contributed by atoms with Crippen LogP contribution in [0.1, 0.15) is 65.8 Å². The van der Waals surface area contributed by atoms with Crippen LogP contribution in [0.15, 0.2) is 30.3 Å². The first kappa shape index (κ1) is 13.9. The SMILES string of the molecule is CC(C)c1c(C(=O)O)c(C2CC2)nn1Cc1ccccc1. The van der Waals surface area contributed by atoms with Gasteiger partial charge in [0.25, 0.3) is 0 Å². The van der Waals surface area contributed by atoms with Crippen LogP contribution in [0, 0.1) is 0 Å². The maximum absolute atomic E-state index is 11.7. The zero-order valence-electron chi connectivity index (χ0n) is 12.4. The second-order valence-electron chi connectivity index (χ2n) is 6.02. The van der Waals surface area contributed by atoms with Gasteiger partial charge in [-0.2, -0.15) is 5.10 Å². The van der Waals surface area contributed by atoms with Crippen molar-refractivity contribution in [2.24, 2.45) is 0 Å². The minimum Gasteiger partial charge on any atom is -0.478 e. The average Bonchev–Trinajstić information content (AvgIpc) is 3.21. The predicted molar refractivity (Wildman–Crippen MR) is 80.8 cm³/mol. The third kappa shape index (κ3) is 2.71. The van der Waals surface area contributed by atoms with E-state index in [1.165, 1.54) is 0 Å². The monoisotopic (exact) mass is 284 g/mol. The molecule has 0 spiro atoms. The summed E-state index contributed by atoms with van der Waals surface area (Å²) in [6.45, 7) is 4.69. The Kier molecular flexibility index (Phi) is 3.53. The standard InChI is InChI=1S/C17H20N2O2/c1-11(2)16-14(17(20)21)15(13-8-9-13)18-19(16)10-12-6-4-3-5-7-12/h3-7,11,13H,8-10H2,1-2H3,(H,20,21). The summed E-state index contributed by atoms with van der Waals surface area (Å²) in [5.74, 6) is -0.370. The molecule has 1 aliphatic carbocycles. The Morgan fingerprint density at radius 2 is 2.00 bits per heavy atom. The minimum atomic E-state index is -0.847. The third-order valence-electron chi connectivity index (χ3n) is 3.92. The lowest BCUT2D eigenvalue weighted by Crippen LogP contribution is -2.10. The molecular formula is C17H20N2O2. The molecule has 0 radical (unpaired) electrons. The third-order valence-corrected chi connectivity index (χ3v) is 3.92. The first-order valence-corrected chi connectivity index (χ1v) is 7.45. The van der Waals surface area contributed by atoms with Gasteiger partial charge in [0.2, 0.25) is 0 Å². The first-order valence-electron chi connectivity index (χ1n) is 7.45. The molecule has 1 aromatic carbocycles. The van der Waals surface area contributed by atoms with Crippen LogP contribution in [0.3, 0.4) is 0 Å². The average molecular weight is 284 g/mol. The largest absolute Gasteiger partial charge is 0.478 e. The molecular weight excluding hydrogens is 264 g/mol. The van der Waals surface area contributed by atoms with E-state index in [2.05, 4.69) is 5.10 Å². The molecule has 1 heterocycles. The number of hydrogen-bond acceptors (Lipinski definition) is 2. The Morgan fingerprint density at radius 3 is 2.52 bits per heavy atom. The van der Waals surface area contributed by atoms with Gasteiger partial charge in [-0.15, -0.1) is 0 Å². The highest BCUT2D eigenvalue weighted by molar-refractivity contribution is 5.91. The molecule has 0 bridgehead atoms. The van der Waals surface area contributed by atoms with E-state index in [0.717, 1.165) is 29.8 Å². The highest BCUT2D eigenvalue weighted by Crippen LogP contribution is 2.42. The summed E-state index contributed by atoms with van der Waals surface area (Å²) >= 11 is 0. The van der Waals surface area contributed by atoms with Gasteiger partial charge in [-0.3, -0.25) is 4.68 Å². The number of aromatic nitrogens is 2. The first-order chi connectivity index (χ1) is 10.1. The molecule has 0 saturated heterocycles. The summed E-state index contributed by atoms with van der Waals surface area (Å²) < 4.78 is 1.89. The van der Waals surface area contributed by atoms with Crippen LogP contribution in [-0.2, 0) is 6.54 Å². The summed E-state index contributed by atoms with van der Waals surface area (Å²) in [4.78, 5) is 11.7. The Bertz CT molecular complexity index is 655. The van der Waals surface area contributed by atoms with Crippen molar-refractivity contribution in [3.63, 3.8) is 0 Å². The van der Waals surface area contributed by atoms with Crippen molar-refractivity contribution >= 4 is 5.97 Å². The van der Waals surface area contributed by atoms with E-state index in [0.29, 0.717) is 18.0 Å². The smallest absolute Gasteiger partial charge is 0.339 e. The van der Waals surface area contributed by atoms with Crippen LogP contribution < -0.4 is 0 Å². The van der Waals surface area contributed by atoms with Crippen LogP contribution in [0.5, 0.6) is 0 Å². The second-order valence-corrected chi connectivity index (χ2v) is 6.02. The van der Waals surface area contributed by atoms with Gasteiger partial charge in [0.1, 0.15) is 5.56 Å². The van der Waals surface area contributed by atoms with E-state index < -0.39 is 5.97 Å². The van der Waals surface area contributed by atoms with Crippen molar-refractivity contribution in [3.8, 4) is 0 Å². The number of benzene rings is 1. The lowest BCUT2D eigenvalue weighted by Gasteiger charge is -2.11. The summed E-state index contributed by atoms with van der Waals surface area (Å²) in [5.41, 5.74) is 3.19. The van der Waals surface area contributed by atoms with Gasteiger partial charge >= 0.3 is 5.97 Å². The zero-order valence-corrected chi connectivity index (χ0v) is 12.4. The molecule has 0 atom stereocenters. The highest BCUT2D eigenvalue weighted by Gasteiger charge is 2.35. The Balaban J connectivity index is 2.06. The normalized spacial score (nSPS) is 14.6. The van der Waals surface area contributed by atoms with E-state index in [1.807, 2.05) is 48.9 Å². The van der Waals surface area contributed by atoms with Crippen LogP contribution in [0.4, 0.5) is 0 Å². The molecule has 1 aliphatic rings. The summed E-state index contributed by atoms with van der Waals surface area (Å²) in [6.07, 6.45) is 2.11. The number of nitrogens with zero attached hydrogens (tertiary/aromatic N) is 2. The molecule has 1 saturated carbocycles. The number of carboxylic acid groups (broad SMARTS) is 1. The van der Waals surface area contributed by atoms with Crippen molar-refractivity contribution in [1.82, 2.24) is 9.78 Å². The fraction of sp³-hybridized carbons (Fsp3) is 0.412. The lowest BCUT2D eigenvalue weighted by atomic mass is 10.0. The van der Waals surface area contributed by atoms with Crippen molar-refractivity contribution in [2.45, 2.75) is 45.1 Å². The van der Waals surface area contributed by atoms with E-state index in [9.17, 15) is 9.90 Å². The molecule has 1 fully saturated rings. The fourth-order valence-corrected chi connectivity index (χ4v) is 2.82. The molecule has 1 aromatic heterocycles. The van der Waals surface area contributed by atoms with E-state index in [4.69, 9.17) is 0 Å². The van der Waals surface area contributed by atoms with E-state index in [1.54, 1.807) is 0 Å². The number of rotatable bonds is 5. The van der Waals surface area contributed by atoms with Crippen molar-refractivity contribution in [3.05, 3.63) is 52.8 Å². The molecule has 21 heavy (non-hydrogen) atoms. The van der Waals surface area contributed by atoms with Gasteiger partial charge < -0.3 is 5.11 Å². The summed E-state index contributed by atoms with van der Waals surface area (Å²) in [5, 5.41) is 14.2. The topological polar surface area (TPSA) is 55.1 Å². The molecule has 4 heteroatoms. The number of carboxylic acids is 1. The van der Waals surface area contributed by atoms with E-state index >= 15 is 0 Å². The Labute approximate surface area is 124 Å². The van der Waals surface area contributed by atoms with Gasteiger partial charge in [-0.05, 0) is 24.3 Å². The highest BCUT2D eigenvalue weighted by atomic mass is 16.4. The maximum Gasteiger partial charge on any atom is 0.339 e. The van der Waals surface area contributed by atoms with E-state index in [-0.39, 0.29) is 5.92 Å². The van der Waals surface area contributed by atoms with Gasteiger partial charge in [-0.25, -0.2) is 4.79 Å². The minimum absolute atomic E-state index is 0.139. The maximum atomic E-state index is 11.7. The fourth-order valence-electron chi connectivity index (χ4n) is 2.82. The molecule has 2 aromatic rings. The van der Waals surface area contributed by atoms with Gasteiger partial charge in [-0.1, -0.05) is 44.2 Å². The molecule has 0 unspecified atom stereocenters. The van der Waals surface area contributed by atoms with Gasteiger partial charge in [0, 0.05) is 5.92 Å². The second kappa shape index (κ2) is 5.35. The van der Waals surface area contributed by atoms with Crippen LogP contribution in [0.25, 0.3) is 0 Å². The lowest BCUT2D eigenvalue weighted by molar-refractivity contribution is 0.0694. The number of hydrogen-bond donors (Lipinski definition) is 1. The van der Waals surface area contributed by atoms with Crippen molar-refractivity contribution in [1.29, 1.82) is 0 Å². The summed E-state index contributed by atoms with van der Waals surface area (Å²) in [7, 11) is 0. The molecule has 1 N–H and O–H groups in total. The predicted octanol–water partition coefficient (Wildman–Crippen LogP) is 3.63. The Morgan fingerprint density at radius 1 is 1.33 bits per heavy atom. The summed E-state index contributed by atoms with van der Waals surface area (Å²) in [6, 6.07) is 10.1. The van der Waals surface area contributed by atoms with Crippen LogP contribution in [-0.4, -0.2) is 20.9 Å². The van der Waals surface area contributed by atoms with Crippen molar-refractivity contribution in [2.75, 3.05) is 0 Å². The van der Waals surface area contributed by atoms with Crippen molar-refractivity contribution < 1.29 is 9.90 Å². The molecule has 110 valence electrons. The van der Waals surface area contributed by atoms with Crippen LogP contribution in [0.2, 0.25) is 0 Å². The van der Waals surface area contributed by atoms with Gasteiger partial charge in [0.05, 0.1) is 17.9 Å². The van der Waals surface area contributed by atoms with Crippen LogP contribution >= 0.6 is 0 Å².